The molecule has 0 aromatic carbocycles. The number of aromatic nitrogens is 1. The van der Waals surface area contributed by atoms with Crippen molar-refractivity contribution >= 4 is 48.0 Å². The van der Waals surface area contributed by atoms with E-state index in [0.717, 1.165) is 12.1 Å². The predicted octanol–water partition coefficient (Wildman–Crippen LogP) is 1.52. The number of hydrogen-bond donors (Lipinski definition) is 8. The van der Waals surface area contributed by atoms with E-state index in [2.05, 4.69) is 26.3 Å². The van der Waals surface area contributed by atoms with E-state index in [1.54, 1.807) is 17.2 Å². The largest absolute Gasteiger partial charge is 0.481 e. The third-order valence-electron chi connectivity index (χ3n) is 7.87. The lowest BCUT2D eigenvalue weighted by molar-refractivity contribution is -0.141. The number of rotatable bonds is 30. The van der Waals surface area contributed by atoms with Crippen molar-refractivity contribution in [3.05, 3.63) is 30.1 Å². The summed E-state index contributed by atoms with van der Waals surface area (Å²) in [5.41, 5.74) is 0.762. The van der Waals surface area contributed by atoms with Gasteiger partial charge in [-0.3, -0.25) is 29.1 Å². The minimum absolute atomic E-state index is 0.0211. The Kier molecular flexibility index (Phi) is 23.0. The number of amides is 4. The van der Waals surface area contributed by atoms with Gasteiger partial charge in [-0.25, -0.2) is 14.4 Å². The van der Waals surface area contributed by atoms with Gasteiger partial charge in [-0.2, -0.15) is 0 Å². The quantitative estimate of drug-likeness (QED) is 0.0411. The van der Waals surface area contributed by atoms with Crippen molar-refractivity contribution in [2.45, 2.75) is 115 Å². The molecule has 290 valence electrons. The molecule has 0 saturated heterocycles. The molecule has 0 radical (unpaired) electrons. The highest BCUT2D eigenvalue weighted by molar-refractivity contribution is 5.86. The second-order valence-corrected chi connectivity index (χ2v) is 12.3. The fourth-order valence-electron chi connectivity index (χ4n) is 5.13. The highest BCUT2D eigenvalue weighted by Crippen LogP contribution is 2.09. The van der Waals surface area contributed by atoms with Gasteiger partial charge in [-0.1, -0.05) is 18.9 Å². The SMILES string of the molecule is O=CC(CCCCN(CC(=O)O)Cc1ccccn1)NC(=O)CCCCCCC(=O)NCCCC[C@H](NC(=O)N[C@@H](CCC(=O)O)C(=O)O)C(=O)O. The lowest BCUT2D eigenvalue weighted by Gasteiger charge is -2.20. The molecule has 0 aliphatic heterocycles. The number of carbonyl (C=O) groups excluding carboxylic acids is 4. The van der Waals surface area contributed by atoms with Crippen molar-refractivity contribution in [1.29, 1.82) is 0 Å². The molecule has 1 aromatic rings. The number of nitrogens with zero attached hydrogens (tertiary/aromatic N) is 2. The van der Waals surface area contributed by atoms with Gasteiger partial charge in [0.1, 0.15) is 18.4 Å². The molecule has 0 fully saturated rings. The molecule has 0 bridgehead atoms. The first-order valence-corrected chi connectivity index (χ1v) is 17.4. The summed E-state index contributed by atoms with van der Waals surface area (Å²) in [7, 11) is 0. The lowest BCUT2D eigenvalue weighted by atomic mass is 10.1. The Labute approximate surface area is 302 Å². The predicted molar refractivity (Wildman–Crippen MR) is 185 cm³/mol. The summed E-state index contributed by atoms with van der Waals surface area (Å²) in [6.07, 6.45) is 7.13. The summed E-state index contributed by atoms with van der Waals surface area (Å²) in [6.45, 7) is 1.06. The fraction of sp³-hybridized carbons (Fsp3) is 0.618. The molecule has 52 heavy (non-hydrogen) atoms. The zero-order valence-electron chi connectivity index (χ0n) is 29.3. The Morgan fingerprint density at radius 2 is 1.33 bits per heavy atom. The molecule has 18 heteroatoms. The standard InChI is InChI=1S/C34H52N6O12/c41-23-25(12-7-10-20-40(22-31(46)47)21-24-11-5-8-18-35-24)37-29(43)15-4-2-1-3-14-28(42)36-19-9-6-13-26(32(48)49)38-34(52)39-27(33(50)51)16-17-30(44)45/h5,8,11,18,23,25-27H,1-4,6-7,9-10,12-17,19-22H2,(H,36,42)(H,37,43)(H,44,45)(H,46,47)(H,48,49)(H,50,51)(H2,38,39,52)/t25?,26-,27-/m0/s1. The molecule has 8 N–H and O–H groups in total. The van der Waals surface area contributed by atoms with E-state index in [0.29, 0.717) is 70.7 Å². The molecular weight excluding hydrogens is 684 g/mol. The van der Waals surface area contributed by atoms with Gasteiger partial charge >= 0.3 is 29.9 Å². The van der Waals surface area contributed by atoms with Crippen LogP contribution in [0.5, 0.6) is 0 Å². The third-order valence-corrected chi connectivity index (χ3v) is 7.87. The topological polar surface area (TPSA) is 282 Å². The molecule has 4 amide bonds. The average molecular weight is 737 g/mol. The Bertz CT molecular complexity index is 1300. The molecule has 0 spiro atoms. The second-order valence-electron chi connectivity index (χ2n) is 12.3. The molecular formula is C34H52N6O12. The van der Waals surface area contributed by atoms with Crippen LogP contribution >= 0.6 is 0 Å². The van der Waals surface area contributed by atoms with Crippen LogP contribution in [0.15, 0.2) is 24.4 Å². The number of pyridine rings is 1. The van der Waals surface area contributed by atoms with Crippen LogP contribution in [0.3, 0.4) is 0 Å². The lowest BCUT2D eigenvalue weighted by Crippen LogP contribution is -2.51. The van der Waals surface area contributed by atoms with E-state index in [9.17, 15) is 48.6 Å². The van der Waals surface area contributed by atoms with Crippen molar-refractivity contribution < 1.29 is 58.8 Å². The van der Waals surface area contributed by atoms with E-state index >= 15 is 0 Å². The molecule has 3 atom stereocenters. The number of urea groups is 1. The summed E-state index contributed by atoms with van der Waals surface area (Å²) < 4.78 is 0. The average Bonchev–Trinajstić information content (AvgIpc) is 3.08. The van der Waals surface area contributed by atoms with Crippen molar-refractivity contribution in [3.63, 3.8) is 0 Å². The summed E-state index contributed by atoms with van der Waals surface area (Å²) in [5.74, 6) is -5.37. The summed E-state index contributed by atoms with van der Waals surface area (Å²) >= 11 is 0. The van der Waals surface area contributed by atoms with Crippen molar-refractivity contribution in [1.82, 2.24) is 31.2 Å². The van der Waals surface area contributed by atoms with E-state index in [-0.39, 0.29) is 50.6 Å². The van der Waals surface area contributed by atoms with E-state index in [4.69, 9.17) is 10.2 Å². The number of carboxylic acids is 4. The van der Waals surface area contributed by atoms with Crippen molar-refractivity contribution in [2.24, 2.45) is 0 Å². The van der Waals surface area contributed by atoms with E-state index in [1.165, 1.54) is 0 Å². The van der Waals surface area contributed by atoms with Gasteiger partial charge < -0.3 is 46.5 Å². The number of nitrogens with one attached hydrogen (secondary N) is 4. The molecule has 1 unspecified atom stereocenters. The van der Waals surface area contributed by atoms with Crippen LogP contribution < -0.4 is 21.3 Å². The van der Waals surface area contributed by atoms with Gasteiger partial charge in [0.25, 0.3) is 0 Å². The van der Waals surface area contributed by atoms with Crippen LogP contribution in [-0.2, 0) is 40.1 Å². The van der Waals surface area contributed by atoms with Crippen LogP contribution in [-0.4, -0.2) is 116 Å². The zero-order valence-corrected chi connectivity index (χ0v) is 29.3. The van der Waals surface area contributed by atoms with E-state index < -0.39 is 54.5 Å². The van der Waals surface area contributed by atoms with Gasteiger partial charge in [0.2, 0.25) is 11.8 Å². The summed E-state index contributed by atoms with van der Waals surface area (Å²) in [4.78, 5) is 98.7. The van der Waals surface area contributed by atoms with Crippen molar-refractivity contribution in [3.8, 4) is 0 Å². The maximum atomic E-state index is 12.3. The normalized spacial score (nSPS) is 12.6. The molecule has 18 nitrogen and oxygen atoms in total. The first-order valence-electron chi connectivity index (χ1n) is 17.4. The summed E-state index contributed by atoms with van der Waals surface area (Å²) in [5, 5.41) is 46.1. The number of carboxylic acid groups (broad SMARTS) is 4. The molecule has 1 rings (SSSR count). The minimum Gasteiger partial charge on any atom is -0.481 e. The zero-order chi connectivity index (χ0) is 38.7. The van der Waals surface area contributed by atoms with Crippen LogP contribution in [0.1, 0.15) is 95.6 Å². The smallest absolute Gasteiger partial charge is 0.326 e. The van der Waals surface area contributed by atoms with Crippen LogP contribution in [0.2, 0.25) is 0 Å². The Hall–Kier alpha value is -5.13. The minimum atomic E-state index is -1.50. The molecule has 1 heterocycles. The molecule has 1 aromatic heterocycles. The Morgan fingerprint density at radius 1 is 0.692 bits per heavy atom. The third kappa shape index (κ3) is 22.6. The molecule has 0 aliphatic rings. The summed E-state index contributed by atoms with van der Waals surface area (Å²) in [6, 6.07) is 0.963. The molecule has 0 aliphatic carbocycles. The van der Waals surface area contributed by atoms with Crippen molar-refractivity contribution in [2.75, 3.05) is 19.6 Å². The van der Waals surface area contributed by atoms with Gasteiger partial charge in [0, 0.05) is 38.5 Å². The van der Waals surface area contributed by atoms with E-state index in [1.807, 2.05) is 12.1 Å². The van der Waals surface area contributed by atoms with Crippen LogP contribution in [0.4, 0.5) is 4.79 Å². The number of hydrogen-bond acceptors (Lipinski definition) is 10. The van der Waals surface area contributed by atoms with Gasteiger partial charge in [0.05, 0.1) is 18.3 Å². The number of unbranched alkanes of at least 4 members (excludes halogenated alkanes) is 5. The highest BCUT2D eigenvalue weighted by atomic mass is 16.4. The van der Waals surface area contributed by atoms with Crippen LogP contribution in [0, 0.1) is 0 Å². The number of aldehydes is 1. The first-order chi connectivity index (χ1) is 24.8. The Balaban J connectivity index is 2.18. The van der Waals surface area contributed by atoms with Gasteiger partial charge in [-0.05, 0) is 76.5 Å². The monoisotopic (exact) mass is 736 g/mol. The number of carbonyl (C=O) groups is 8. The van der Waals surface area contributed by atoms with Crippen LogP contribution in [0.25, 0.3) is 0 Å². The second kappa shape index (κ2) is 26.6. The maximum Gasteiger partial charge on any atom is 0.326 e. The first kappa shape index (κ1) is 44.9. The number of aliphatic carboxylic acids is 4. The van der Waals surface area contributed by atoms with Gasteiger partial charge in [-0.15, -0.1) is 0 Å². The Morgan fingerprint density at radius 3 is 1.90 bits per heavy atom. The maximum absolute atomic E-state index is 12.3. The highest BCUT2D eigenvalue weighted by Gasteiger charge is 2.25. The molecule has 0 saturated carbocycles. The fourth-order valence-corrected chi connectivity index (χ4v) is 5.13. The van der Waals surface area contributed by atoms with Gasteiger partial charge in [0.15, 0.2) is 0 Å².